The first-order chi connectivity index (χ1) is 14.3. The van der Waals surface area contributed by atoms with Gasteiger partial charge in [0.15, 0.2) is 0 Å². The van der Waals surface area contributed by atoms with Gasteiger partial charge in [-0.2, -0.15) is 9.78 Å². The van der Waals surface area contributed by atoms with Crippen LogP contribution in [0.5, 0.6) is 11.5 Å². The lowest BCUT2D eigenvalue weighted by atomic mass is 9.84. The largest absolute Gasteiger partial charge is 0.497 e. The standard InChI is InChI=1S/C22H25N5O3/c1-12-9-13(2)24-22(23-12)27-21-20(14(3)25-27)17(11-19(28)26(21)4)16-8-7-15(29-5)10-18(16)30-6/h7-10,17H,11H2,1-6H3/t17-/m1/s1. The van der Waals surface area contributed by atoms with Gasteiger partial charge in [-0.25, -0.2) is 9.97 Å². The molecule has 8 heteroatoms. The van der Waals surface area contributed by atoms with Crippen molar-refractivity contribution < 1.29 is 14.3 Å². The van der Waals surface area contributed by atoms with Crippen LogP contribution < -0.4 is 14.4 Å². The molecule has 1 aliphatic rings. The van der Waals surface area contributed by atoms with Crippen LogP contribution in [-0.4, -0.2) is 46.9 Å². The summed E-state index contributed by atoms with van der Waals surface area (Å²) in [6, 6.07) is 7.58. The molecular formula is C22H25N5O3. The van der Waals surface area contributed by atoms with Crippen LogP contribution in [0.3, 0.4) is 0 Å². The van der Waals surface area contributed by atoms with Gasteiger partial charge < -0.3 is 9.47 Å². The van der Waals surface area contributed by atoms with Gasteiger partial charge in [0.25, 0.3) is 5.95 Å². The quantitative estimate of drug-likeness (QED) is 0.661. The number of ether oxygens (including phenoxy) is 2. The second kappa shape index (κ2) is 7.44. The van der Waals surface area contributed by atoms with Crippen LogP contribution in [0, 0.1) is 20.8 Å². The number of carbonyl (C=O) groups is 1. The lowest BCUT2D eigenvalue weighted by Gasteiger charge is -2.31. The molecule has 1 aliphatic heterocycles. The maximum atomic E-state index is 13.0. The van der Waals surface area contributed by atoms with Crippen LogP contribution in [-0.2, 0) is 4.79 Å². The van der Waals surface area contributed by atoms with Crippen molar-refractivity contribution in [2.45, 2.75) is 33.1 Å². The molecule has 0 aliphatic carbocycles. The third-order valence-corrected chi connectivity index (χ3v) is 5.48. The lowest BCUT2D eigenvalue weighted by molar-refractivity contribution is -0.118. The first-order valence-electron chi connectivity index (χ1n) is 9.74. The number of aryl methyl sites for hydroxylation is 3. The number of anilines is 1. The highest BCUT2D eigenvalue weighted by molar-refractivity contribution is 5.97. The molecule has 0 bridgehead atoms. The molecule has 3 aromatic rings. The van der Waals surface area contributed by atoms with Gasteiger partial charge in [0.05, 0.1) is 19.9 Å². The molecule has 4 rings (SSSR count). The van der Waals surface area contributed by atoms with Crippen molar-refractivity contribution in [1.82, 2.24) is 19.7 Å². The zero-order valence-corrected chi connectivity index (χ0v) is 18.1. The molecule has 0 N–H and O–H groups in total. The molecule has 156 valence electrons. The Kier molecular flexibility index (Phi) is 4.93. The Balaban J connectivity index is 1.93. The maximum Gasteiger partial charge on any atom is 0.252 e. The van der Waals surface area contributed by atoms with Crippen LogP contribution in [0.4, 0.5) is 5.82 Å². The van der Waals surface area contributed by atoms with Crippen molar-refractivity contribution >= 4 is 11.7 Å². The summed E-state index contributed by atoms with van der Waals surface area (Å²) >= 11 is 0. The number of rotatable bonds is 4. The van der Waals surface area contributed by atoms with Crippen molar-refractivity contribution in [3.63, 3.8) is 0 Å². The number of hydrogen-bond donors (Lipinski definition) is 0. The number of nitrogens with zero attached hydrogens (tertiary/aromatic N) is 5. The molecular weight excluding hydrogens is 382 g/mol. The average molecular weight is 407 g/mol. The number of methoxy groups -OCH3 is 2. The van der Waals surface area contributed by atoms with E-state index in [-0.39, 0.29) is 11.8 Å². The summed E-state index contributed by atoms with van der Waals surface area (Å²) in [5.74, 6) is 2.33. The van der Waals surface area contributed by atoms with Gasteiger partial charge in [0, 0.05) is 48.0 Å². The molecule has 8 nitrogen and oxygen atoms in total. The van der Waals surface area contributed by atoms with Gasteiger partial charge in [0.1, 0.15) is 17.3 Å². The molecule has 2 aromatic heterocycles. The summed E-state index contributed by atoms with van der Waals surface area (Å²) < 4.78 is 12.6. The summed E-state index contributed by atoms with van der Waals surface area (Å²) in [6.45, 7) is 5.78. The minimum atomic E-state index is -0.191. The van der Waals surface area contributed by atoms with Crippen LogP contribution in [0.25, 0.3) is 5.95 Å². The predicted molar refractivity (Wildman–Crippen MR) is 113 cm³/mol. The van der Waals surface area contributed by atoms with E-state index in [9.17, 15) is 4.79 Å². The summed E-state index contributed by atoms with van der Waals surface area (Å²) in [6.07, 6.45) is 0.326. The number of benzene rings is 1. The van der Waals surface area contributed by atoms with Crippen molar-refractivity contribution in [2.75, 3.05) is 26.2 Å². The number of fused-ring (bicyclic) bond motifs is 1. The molecule has 1 atom stereocenters. The van der Waals surface area contributed by atoms with E-state index in [4.69, 9.17) is 14.6 Å². The monoisotopic (exact) mass is 407 g/mol. The molecule has 3 heterocycles. The van der Waals surface area contributed by atoms with E-state index < -0.39 is 0 Å². The van der Waals surface area contributed by atoms with Crippen molar-refractivity contribution in [3.8, 4) is 17.4 Å². The molecule has 0 radical (unpaired) electrons. The maximum absolute atomic E-state index is 13.0. The van der Waals surface area contributed by atoms with Crippen molar-refractivity contribution in [3.05, 3.63) is 52.5 Å². The zero-order chi connectivity index (χ0) is 21.6. The van der Waals surface area contributed by atoms with E-state index in [0.29, 0.717) is 29.7 Å². The first kappa shape index (κ1) is 19.9. The van der Waals surface area contributed by atoms with E-state index in [1.807, 2.05) is 45.0 Å². The second-order valence-electron chi connectivity index (χ2n) is 7.50. The fourth-order valence-electron chi connectivity index (χ4n) is 4.10. The van der Waals surface area contributed by atoms with Gasteiger partial charge in [-0.05, 0) is 32.9 Å². The number of hydrogen-bond acceptors (Lipinski definition) is 6. The third-order valence-electron chi connectivity index (χ3n) is 5.48. The third kappa shape index (κ3) is 3.18. The fourth-order valence-corrected chi connectivity index (χ4v) is 4.10. The SMILES string of the molecule is COc1ccc([C@H]2CC(=O)N(C)c3c2c(C)nn3-c2nc(C)cc(C)n2)c(OC)c1. The molecule has 0 saturated carbocycles. The highest BCUT2D eigenvalue weighted by Crippen LogP contribution is 2.45. The highest BCUT2D eigenvalue weighted by Gasteiger charge is 2.38. The van der Waals surface area contributed by atoms with Crippen molar-refractivity contribution in [2.24, 2.45) is 0 Å². The minimum absolute atomic E-state index is 0.00380. The van der Waals surface area contributed by atoms with E-state index in [1.54, 1.807) is 30.8 Å². The summed E-state index contributed by atoms with van der Waals surface area (Å²) in [7, 11) is 5.00. The molecule has 0 unspecified atom stereocenters. The highest BCUT2D eigenvalue weighted by atomic mass is 16.5. The fraction of sp³-hybridized carbons (Fsp3) is 0.364. The Morgan fingerprint density at radius 3 is 2.37 bits per heavy atom. The smallest absolute Gasteiger partial charge is 0.252 e. The van der Waals surface area contributed by atoms with Crippen LogP contribution in [0.2, 0.25) is 0 Å². The lowest BCUT2D eigenvalue weighted by Crippen LogP contribution is -2.35. The normalized spacial score (nSPS) is 15.9. The van der Waals surface area contributed by atoms with Gasteiger partial charge in [-0.3, -0.25) is 9.69 Å². The van der Waals surface area contributed by atoms with Crippen LogP contribution >= 0.6 is 0 Å². The molecule has 1 amide bonds. The Morgan fingerprint density at radius 2 is 1.73 bits per heavy atom. The molecule has 0 spiro atoms. The predicted octanol–water partition coefficient (Wildman–Crippen LogP) is 3.10. The Morgan fingerprint density at radius 1 is 1.03 bits per heavy atom. The minimum Gasteiger partial charge on any atom is -0.497 e. The Bertz CT molecular complexity index is 1120. The summed E-state index contributed by atoms with van der Waals surface area (Å²) in [5, 5.41) is 4.73. The summed E-state index contributed by atoms with van der Waals surface area (Å²) in [4.78, 5) is 23.7. The van der Waals surface area contributed by atoms with Gasteiger partial charge >= 0.3 is 0 Å². The summed E-state index contributed by atoms with van der Waals surface area (Å²) in [5.41, 5.74) is 4.42. The van der Waals surface area contributed by atoms with Crippen LogP contribution in [0.15, 0.2) is 24.3 Å². The topological polar surface area (TPSA) is 82.4 Å². The van der Waals surface area contributed by atoms with Gasteiger partial charge in [-0.1, -0.05) is 6.07 Å². The van der Waals surface area contributed by atoms with Gasteiger partial charge in [0.2, 0.25) is 5.91 Å². The Hall–Kier alpha value is -3.42. The molecule has 0 saturated heterocycles. The van der Waals surface area contributed by atoms with E-state index in [2.05, 4.69) is 9.97 Å². The second-order valence-corrected chi connectivity index (χ2v) is 7.50. The molecule has 1 aromatic carbocycles. The number of carbonyl (C=O) groups excluding carboxylic acids is 1. The number of amides is 1. The zero-order valence-electron chi connectivity index (χ0n) is 18.1. The van der Waals surface area contributed by atoms with E-state index in [0.717, 1.165) is 28.2 Å². The van der Waals surface area contributed by atoms with Crippen LogP contribution in [0.1, 0.15) is 40.5 Å². The molecule has 0 fully saturated rings. The van der Waals surface area contributed by atoms with Crippen molar-refractivity contribution in [1.29, 1.82) is 0 Å². The average Bonchev–Trinajstić information content (AvgIpc) is 3.07. The van der Waals surface area contributed by atoms with Gasteiger partial charge in [-0.15, -0.1) is 0 Å². The first-order valence-corrected chi connectivity index (χ1v) is 9.74. The Labute approximate surface area is 175 Å². The number of aromatic nitrogens is 4. The van der Waals surface area contributed by atoms with E-state index in [1.165, 1.54) is 0 Å². The van der Waals surface area contributed by atoms with E-state index >= 15 is 0 Å². The molecule has 30 heavy (non-hydrogen) atoms.